The molecule has 1 aromatic carbocycles. The van der Waals surface area contributed by atoms with E-state index in [2.05, 4.69) is 15.9 Å². The standard InChI is InChI=1S/C14H18BrN3O3/c15-12-6-11(7-13(8-12)18(20)21)14(19)17-5-1-2-10(9-17)3-4-16/h6-8,10H,1-5,9,16H2. The van der Waals surface area contributed by atoms with Crippen molar-refractivity contribution in [3.05, 3.63) is 38.3 Å². The summed E-state index contributed by atoms with van der Waals surface area (Å²) < 4.78 is 0.538. The molecule has 0 radical (unpaired) electrons. The number of rotatable bonds is 4. The van der Waals surface area contributed by atoms with Crippen molar-refractivity contribution in [2.24, 2.45) is 11.7 Å². The number of hydrogen-bond donors (Lipinski definition) is 1. The van der Waals surface area contributed by atoms with Crippen molar-refractivity contribution in [3.8, 4) is 0 Å². The molecule has 1 amide bonds. The Bertz CT molecular complexity index is 548. The summed E-state index contributed by atoms with van der Waals surface area (Å²) in [6.07, 6.45) is 2.94. The molecule has 0 bridgehead atoms. The fraction of sp³-hybridized carbons (Fsp3) is 0.500. The second-order valence-electron chi connectivity index (χ2n) is 5.29. The van der Waals surface area contributed by atoms with Gasteiger partial charge in [-0.15, -0.1) is 0 Å². The van der Waals surface area contributed by atoms with Gasteiger partial charge in [0, 0.05) is 35.3 Å². The van der Waals surface area contributed by atoms with E-state index in [1.54, 1.807) is 11.0 Å². The Hall–Kier alpha value is -1.47. The summed E-state index contributed by atoms with van der Waals surface area (Å²) in [7, 11) is 0. The summed E-state index contributed by atoms with van der Waals surface area (Å²) >= 11 is 3.22. The lowest BCUT2D eigenvalue weighted by atomic mass is 9.94. The van der Waals surface area contributed by atoms with Gasteiger partial charge >= 0.3 is 0 Å². The van der Waals surface area contributed by atoms with Crippen molar-refractivity contribution < 1.29 is 9.72 Å². The number of nitrogens with two attached hydrogens (primary N) is 1. The third-order valence-corrected chi connectivity index (χ3v) is 4.18. The van der Waals surface area contributed by atoms with Gasteiger partial charge in [-0.2, -0.15) is 0 Å². The number of piperidine rings is 1. The van der Waals surface area contributed by atoms with E-state index < -0.39 is 4.92 Å². The van der Waals surface area contributed by atoms with Crippen LogP contribution in [0.1, 0.15) is 29.6 Å². The van der Waals surface area contributed by atoms with E-state index in [1.807, 2.05) is 0 Å². The highest BCUT2D eigenvalue weighted by molar-refractivity contribution is 9.10. The van der Waals surface area contributed by atoms with E-state index >= 15 is 0 Å². The van der Waals surface area contributed by atoms with Crippen LogP contribution in [0, 0.1) is 16.0 Å². The molecule has 1 aliphatic rings. The summed E-state index contributed by atoms with van der Waals surface area (Å²) in [5, 5.41) is 10.9. The smallest absolute Gasteiger partial charge is 0.271 e. The van der Waals surface area contributed by atoms with Gasteiger partial charge in [-0.3, -0.25) is 14.9 Å². The van der Waals surface area contributed by atoms with Gasteiger partial charge in [-0.25, -0.2) is 0 Å². The van der Waals surface area contributed by atoms with Crippen molar-refractivity contribution in [2.45, 2.75) is 19.3 Å². The van der Waals surface area contributed by atoms with Gasteiger partial charge in [0.1, 0.15) is 0 Å². The summed E-state index contributed by atoms with van der Waals surface area (Å²) in [4.78, 5) is 24.7. The molecule has 1 saturated heterocycles. The fourth-order valence-corrected chi connectivity index (χ4v) is 3.19. The number of non-ortho nitro benzene ring substituents is 1. The Morgan fingerprint density at radius 3 is 2.90 bits per heavy atom. The van der Waals surface area contributed by atoms with E-state index in [4.69, 9.17) is 5.73 Å². The molecule has 2 rings (SSSR count). The number of amides is 1. The van der Waals surface area contributed by atoms with Crippen molar-refractivity contribution in [2.75, 3.05) is 19.6 Å². The van der Waals surface area contributed by atoms with Crippen LogP contribution >= 0.6 is 15.9 Å². The zero-order valence-electron chi connectivity index (χ0n) is 11.6. The maximum Gasteiger partial charge on any atom is 0.271 e. The van der Waals surface area contributed by atoms with Gasteiger partial charge in [0.05, 0.1) is 4.92 Å². The van der Waals surface area contributed by atoms with Gasteiger partial charge in [-0.1, -0.05) is 15.9 Å². The molecule has 114 valence electrons. The van der Waals surface area contributed by atoms with E-state index in [1.165, 1.54) is 12.1 Å². The monoisotopic (exact) mass is 355 g/mol. The minimum Gasteiger partial charge on any atom is -0.338 e. The highest BCUT2D eigenvalue weighted by atomic mass is 79.9. The highest BCUT2D eigenvalue weighted by Gasteiger charge is 2.25. The third-order valence-electron chi connectivity index (χ3n) is 3.72. The number of nitro groups is 1. The van der Waals surface area contributed by atoms with Crippen LogP contribution < -0.4 is 5.73 Å². The van der Waals surface area contributed by atoms with Crippen molar-refractivity contribution in [1.82, 2.24) is 4.90 Å². The zero-order valence-corrected chi connectivity index (χ0v) is 13.2. The van der Waals surface area contributed by atoms with Crippen molar-refractivity contribution >= 4 is 27.5 Å². The lowest BCUT2D eigenvalue weighted by Crippen LogP contribution is -2.40. The second-order valence-corrected chi connectivity index (χ2v) is 6.21. The summed E-state index contributed by atoms with van der Waals surface area (Å²) in [5.41, 5.74) is 5.85. The Morgan fingerprint density at radius 1 is 1.48 bits per heavy atom. The quantitative estimate of drug-likeness (QED) is 0.663. The Labute approximate surface area is 131 Å². The first-order valence-electron chi connectivity index (χ1n) is 6.95. The van der Waals surface area contributed by atoms with Crippen LogP contribution in [0.25, 0.3) is 0 Å². The summed E-state index contributed by atoms with van der Waals surface area (Å²) in [5.74, 6) is 0.274. The second kappa shape index (κ2) is 7.00. The number of nitrogens with zero attached hydrogens (tertiary/aromatic N) is 2. The van der Waals surface area contributed by atoms with Gasteiger partial charge < -0.3 is 10.6 Å². The van der Waals surface area contributed by atoms with Crippen molar-refractivity contribution in [1.29, 1.82) is 0 Å². The van der Waals surface area contributed by atoms with Crippen molar-refractivity contribution in [3.63, 3.8) is 0 Å². The molecular weight excluding hydrogens is 338 g/mol. The molecule has 7 heteroatoms. The van der Waals surface area contributed by atoms with E-state index in [0.717, 1.165) is 19.3 Å². The van der Waals surface area contributed by atoms with Crippen LogP contribution in [0.15, 0.2) is 22.7 Å². The predicted molar refractivity (Wildman–Crippen MR) is 83.1 cm³/mol. The van der Waals surface area contributed by atoms with Crippen LogP contribution in [0.3, 0.4) is 0 Å². The van der Waals surface area contributed by atoms with Crippen LogP contribution in [0.2, 0.25) is 0 Å². The average molecular weight is 356 g/mol. The number of halogens is 1. The van der Waals surface area contributed by atoms with E-state index in [-0.39, 0.29) is 11.6 Å². The first kappa shape index (κ1) is 15.9. The summed E-state index contributed by atoms with van der Waals surface area (Å²) in [6.45, 7) is 1.99. The largest absolute Gasteiger partial charge is 0.338 e. The molecule has 1 unspecified atom stereocenters. The van der Waals surface area contributed by atoms with Crippen LogP contribution in [-0.2, 0) is 0 Å². The number of hydrogen-bond acceptors (Lipinski definition) is 4. The molecule has 21 heavy (non-hydrogen) atoms. The van der Waals surface area contributed by atoms with Crippen LogP contribution in [-0.4, -0.2) is 35.4 Å². The molecule has 1 aromatic rings. The molecule has 1 fully saturated rings. The lowest BCUT2D eigenvalue weighted by molar-refractivity contribution is -0.385. The molecule has 0 aromatic heterocycles. The minimum atomic E-state index is -0.491. The van der Waals surface area contributed by atoms with Gasteiger partial charge in [-0.05, 0) is 37.8 Å². The Kier molecular flexibility index (Phi) is 5.30. The van der Waals surface area contributed by atoms with Gasteiger partial charge in [0.15, 0.2) is 0 Å². The molecule has 1 aliphatic heterocycles. The van der Waals surface area contributed by atoms with Gasteiger partial charge in [0.25, 0.3) is 11.6 Å². The third kappa shape index (κ3) is 4.01. The number of benzene rings is 1. The lowest BCUT2D eigenvalue weighted by Gasteiger charge is -2.32. The normalized spacial score (nSPS) is 18.6. The van der Waals surface area contributed by atoms with Gasteiger partial charge in [0.2, 0.25) is 0 Å². The van der Waals surface area contributed by atoms with Crippen LogP contribution in [0.4, 0.5) is 5.69 Å². The molecule has 1 atom stereocenters. The first-order chi connectivity index (χ1) is 10.0. The number of likely N-dealkylation sites (tertiary alicyclic amines) is 1. The van der Waals surface area contributed by atoms with Crippen LogP contribution in [0.5, 0.6) is 0 Å². The molecule has 6 nitrogen and oxygen atoms in total. The molecule has 0 spiro atoms. The summed E-state index contributed by atoms with van der Waals surface area (Å²) in [6, 6.07) is 4.35. The molecule has 0 saturated carbocycles. The first-order valence-corrected chi connectivity index (χ1v) is 7.75. The molecule has 1 heterocycles. The maximum absolute atomic E-state index is 12.5. The average Bonchev–Trinajstić information content (AvgIpc) is 2.46. The zero-order chi connectivity index (χ0) is 15.4. The van der Waals surface area contributed by atoms with E-state index in [0.29, 0.717) is 35.6 Å². The SMILES string of the molecule is NCCC1CCCN(C(=O)c2cc(Br)cc([N+](=O)[O-])c2)C1. The minimum absolute atomic E-state index is 0.0803. The van der Waals surface area contributed by atoms with E-state index in [9.17, 15) is 14.9 Å². The molecule has 2 N–H and O–H groups in total. The maximum atomic E-state index is 12.5. The number of nitro benzene ring substituents is 1. The predicted octanol–water partition coefficient (Wildman–Crippen LogP) is 2.56. The Morgan fingerprint density at radius 2 is 2.24 bits per heavy atom. The number of carbonyl (C=O) groups is 1. The number of carbonyl (C=O) groups excluding carboxylic acids is 1. The molecule has 0 aliphatic carbocycles. The fourth-order valence-electron chi connectivity index (χ4n) is 2.71. The Balaban J connectivity index is 2.17. The topological polar surface area (TPSA) is 89.5 Å². The highest BCUT2D eigenvalue weighted by Crippen LogP contribution is 2.25. The molecular formula is C14H18BrN3O3.